The molecule has 0 spiro atoms. The van der Waals surface area contributed by atoms with Gasteiger partial charge in [0, 0.05) is 5.02 Å². The Kier molecular flexibility index (Phi) is 6.56. The Bertz CT molecular complexity index is 872. The van der Waals surface area contributed by atoms with Crippen molar-refractivity contribution in [2.24, 2.45) is 0 Å². The zero-order chi connectivity index (χ0) is 18.9. The van der Waals surface area contributed by atoms with E-state index in [0.717, 1.165) is 4.68 Å². The van der Waals surface area contributed by atoms with Crippen molar-refractivity contribution in [3.63, 3.8) is 0 Å². The van der Waals surface area contributed by atoms with Crippen LogP contribution in [0.3, 0.4) is 0 Å². The first-order valence-corrected chi connectivity index (χ1v) is 9.89. The zero-order valence-electron chi connectivity index (χ0n) is 12.3. The molecule has 0 saturated heterocycles. The molecule has 0 radical (unpaired) electrons. The molecule has 1 atom stereocenters. The highest BCUT2D eigenvalue weighted by molar-refractivity contribution is 9.10. The largest absolute Gasteiger partial charge is 0.471 e. The molecule has 136 valence electrons. The summed E-state index contributed by atoms with van der Waals surface area (Å²) >= 11 is 20.9. The summed E-state index contributed by atoms with van der Waals surface area (Å²) in [6.07, 6.45) is -1.22. The number of hydrogen-bond acceptors (Lipinski definition) is 4. The summed E-state index contributed by atoms with van der Waals surface area (Å²) in [7, 11) is -4.77. The molecule has 3 N–H and O–H groups in total. The number of phosphoric acid groups is 1. The van der Waals surface area contributed by atoms with Crippen LogP contribution in [0.25, 0.3) is 0 Å². The number of hydrogen-bond donors (Lipinski definition) is 3. The van der Waals surface area contributed by atoms with Gasteiger partial charge in [0.2, 0.25) is 0 Å². The number of carbonyl (C=O) groups is 1. The van der Waals surface area contributed by atoms with Crippen molar-refractivity contribution in [3.05, 3.63) is 43.6 Å². The van der Waals surface area contributed by atoms with Crippen LogP contribution in [0.2, 0.25) is 15.2 Å². The molecule has 13 heteroatoms. The monoisotopic (exact) mass is 491 g/mol. The quantitative estimate of drug-likeness (QED) is 0.529. The van der Waals surface area contributed by atoms with Crippen molar-refractivity contribution in [3.8, 4) is 0 Å². The van der Waals surface area contributed by atoms with E-state index in [1.807, 2.05) is 0 Å². The lowest BCUT2D eigenvalue weighted by Gasteiger charge is -2.14. The van der Waals surface area contributed by atoms with E-state index < -0.39 is 20.0 Å². The maximum absolute atomic E-state index is 12.4. The molecule has 0 fully saturated rings. The molecular weight excluding hydrogens is 483 g/mol. The third kappa shape index (κ3) is 5.18. The number of aromatic nitrogens is 2. The third-order valence-corrected chi connectivity index (χ3v) is 5.30. The Hall–Kier alpha value is -0.640. The van der Waals surface area contributed by atoms with Crippen LogP contribution in [-0.2, 0) is 9.09 Å². The normalized spacial score (nSPS) is 12.9. The molecule has 8 nitrogen and oxygen atoms in total. The van der Waals surface area contributed by atoms with Gasteiger partial charge in [-0.2, -0.15) is 5.10 Å². The lowest BCUT2D eigenvalue weighted by molar-refractivity contribution is 0.0876. The SMILES string of the molecule is CC(OP(=O)(O)O)n1nc(C(=O)Nc2ccc(Cl)cc2Cl)c(Br)c1Cl. The van der Waals surface area contributed by atoms with Gasteiger partial charge in [-0.25, -0.2) is 9.25 Å². The van der Waals surface area contributed by atoms with Gasteiger partial charge in [0.05, 0.1) is 15.2 Å². The van der Waals surface area contributed by atoms with Crippen LogP contribution in [-0.4, -0.2) is 25.5 Å². The van der Waals surface area contributed by atoms with E-state index in [1.54, 1.807) is 6.07 Å². The second kappa shape index (κ2) is 7.94. The molecule has 0 bridgehead atoms. The summed E-state index contributed by atoms with van der Waals surface area (Å²) in [6, 6.07) is 4.50. The molecule has 25 heavy (non-hydrogen) atoms. The van der Waals surface area contributed by atoms with Crippen molar-refractivity contribution in [1.29, 1.82) is 0 Å². The molecule has 1 aromatic carbocycles. The topological polar surface area (TPSA) is 114 Å². The van der Waals surface area contributed by atoms with Crippen molar-refractivity contribution in [1.82, 2.24) is 9.78 Å². The maximum atomic E-state index is 12.4. The summed E-state index contributed by atoms with van der Waals surface area (Å²) in [4.78, 5) is 30.1. The minimum atomic E-state index is -4.77. The van der Waals surface area contributed by atoms with Gasteiger partial charge in [-0.05, 0) is 41.1 Å². The Labute approximate surface area is 165 Å². The van der Waals surface area contributed by atoms with E-state index in [1.165, 1.54) is 19.1 Å². The lowest BCUT2D eigenvalue weighted by atomic mass is 10.3. The summed E-state index contributed by atoms with van der Waals surface area (Å²) < 4.78 is 16.5. The number of phosphoric ester groups is 1. The van der Waals surface area contributed by atoms with Gasteiger partial charge in [0.1, 0.15) is 5.15 Å². The van der Waals surface area contributed by atoms with Crippen molar-refractivity contribution in [2.75, 3.05) is 5.32 Å². The molecule has 0 aliphatic rings. The second-order valence-electron chi connectivity index (χ2n) is 4.67. The second-order valence-corrected chi connectivity index (χ2v) is 7.86. The highest BCUT2D eigenvalue weighted by atomic mass is 79.9. The van der Waals surface area contributed by atoms with Crippen LogP contribution in [0.1, 0.15) is 23.6 Å². The van der Waals surface area contributed by atoms with Crippen LogP contribution >= 0.6 is 58.6 Å². The summed E-state index contributed by atoms with van der Waals surface area (Å²) in [5.74, 6) is -0.653. The van der Waals surface area contributed by atoms with Crippen molar-refractivity contribution in [2.45, 2.75) is 13.2 Å². The van der Waals surface area contributed by atoms with Crippen LogP contribution in [0, 0.1) is 0 Å². The minimum Gasteiger partial charge on any atom is -0.319 e. The predicted molar refractivity (Wildman–Crippen MR) is 97.2 cm³/mol. The molecule has 2 aromatic rings. The molecular formula is C12H10BrCl3N3O5P. The molecule has 0 aliphatic heterocycles. The van der Waals surface area contributed by atoms with Gasteiger partial charge < -0.3 is 15.1 Å². The number of rotatable bonds is 5. The van der Waals surface area contributed by atoms with Crippen LogP contribution in [0.5, 0.6) is 0 Å². The van der Waals surface area contributed by atoms with Crippen molar-refractivity contribution < 1.29 is 23.7 Å². The lowest BCUT2D eigenvalue weighted by Crippen LogP contribution is -2.15. The van der Waals surface area contributed by atoms with E-state index in [9.17, 15) is 9.36 Å². The smallest absolute Gasteiger partial charge is 0.319 e. The van der Waals surface area contributed by atoms with Crippen molar-refractivity contribution >= 4 is 70.2 Å². The maximum Gasteiger partial charge on any atom is 0.471 e. The van der Waals surface area contributed by atoms with Crippen LogP contribution in [0.15, 0.2) is 22.7 Å². The summed E-state index contributed by atoms with van der Waals surface area (Å²) in [5.41, 5.74) is 0.172. The van der Waals surface area contributed by atoms with Crippen LogP contribution < -0.4 is 5.32 Å². The van der Waals surface area contributed by atoms with E-state index in [4.69, 9.17) is 44.6 Å². The number of benzene rings is 1. The average molecular weight is 493 g/mol. The predicted octanol–water partition coefficient (Wildman–Crippen LogP) is 4.49. The van der Waals surface area contributed by atoms with E-state index in [2.05, 4.69) is 30.9 Å². The fraction of sp³-hybridized carbons (Fsp3) is 0.167. The Morgan fingerprint density at radius 2 is 2.04 bits per heavy atom. The molecule has 1 heterocycles. The van der Waals surface area contributed by atoms with Gasteiger partial charge in [0.25, 0.3) is 5.91 Å². The number of nitrogens with one attached hydrogen (secondary N) is 1. The number of halogens is 4. The zero-order valence-corrected chi connectivity index (χ0v) is 17.0. The Morgan fingerprint density at radius 3 is 2.60 bits per heavy atom. The number of nitrogens with zero attached hydrogens (tertiary/aromatic N) is 2. The first-order chi connectivity index (χ1) is 11.5. The highest BCUT2D eigenvalue weighted by Gasteiger charge is 2.27. The molecule has 0 aliphatic carbocycles. The third-order valence-electron chi connectivity index (χ3n) is 2.83. The van der Waals surface area contributed by atoms with E-state index >= 15 is 0 Å². The average Bonchev–Trinajstić information content (AvgIpc) is 2.77. The van der Waals surface area contributed by atoms with Gasteiger partial charge in [-0.1, -0.05) is 34.8 Å². The van der Waals surface area contributed by atoms with Crippen LogP contribution in [0.4, 0.5) is 5.69 Å². The van der Waals surface area contributed by atoms with Gasteiger partial charge >= 0.3 is 7.82 Å². The molecule has 1 unspecified atom stereocenters. The van der Waals surface area contributed by atoms with E-state index in [0.29, 0.717) is 10.7 Å². The molecule has 1 amide bonds. The summed E-state index contributed by atoms with van der Waals surface area (Å²) in [6.45, 7) is 1.31. The number of anilines is 1. The summed E-state index contributed by atoms with van der Waals surface area (Å²) in [5, 5.41) is 7.01. The highest BCUT2D eigenvalue weighted by Crippen LogP contribution is 2.42. The fourth-order valence-corrected chi connectivity index (χ4v) is 3.44. The standard InChI is InChI=1S/C12H10BrCl3N3O5P/c1-5(24-25(21,22)23)19-11(16)9(13)10(18-19)12(20)17-8-3-2-6(14)4-7(8)15/h2-5H,1H3,(H,17,20)(H2,21,22,23). The Balaban J connectivity index is 2.29. The Morgan fingerprint density at radius 1 is 1.40 bits per heavy atom. The number of carbonyl (C=O) groups excluding carboxylic acids is 1. The molecule has 2 rings (SSSR count). The molecule has 1 aromatic heterocycles. The first-order valence-electron chi connectivity index (χ1n) is 6.43. The first kappa shape index (κ1) is 20.7. The van der Waals surface area contributed by atoms with E-state index in [-0.39, 0.29) is 20.3 Å². The van der Waals surface area contributed by atoms with Gasteiger partial charge in [-0.15, -0.1) is 0 Å². The molecule has 0 saturated carbocycles. The fourth-order valence-electron chi connectivity index (χ4n) is 1.80. The number of amides is 1. The van der Waals surface area contributed by atoms with Gasteiger partial charge in [0.15, 0.2) is 11.9 Å². The van der Waals surface area contributed by atoms with Gasteiger partial charge in [-0.3, -0.25) is 9.32 Å². The minimum absolute atomic E-state index is 0.0756.